The van der Waals surface area contributed by atoms with E-state index in [0.717, 1.165) is 0 Å². The van der Waals surface area contributed by atoms with Gasteiger partial charge in [-0.25, -0.2) is 4.68 Å². The molecule has 0 atom stereocenters. The normalized spacial score (nSPS) is 11.4. The molecule has 21 heavy (non-hydrogen) atoms. The molecule has 0 radical (unpaired) electrons. The number of aromatic nitrogens is 2. The van der Waals surface area contributed by atoms with Crippen LogP contribution in [0.3, 0.4) is 0 Å². The van der Waals surface area contributed by atoms with Crippen LogP contribution in [-0.2, 0) is 4.74 Å². The van der Waals surface area contributed by atoms with Crippen molar-refractivity contribution in [2.24, 2.45) is 0 Å². The minimum Gasteiger partial charge on any atom is -0.474 e. The van der Waals surface area contributed by atoms with E-state index < -0.39 is 6.36 Å². The molecule has 8 heteroatoms. The van der Waals surface area contributed by atoms with Gasteiger partial charge in [0.2, 0.25) is 5.88 Å². The predicted molar refractivity (Wildman–Crippen MR) is 67.6 cm³/mol. The lowest BCUT2D eigenvalue weighted by Crippen LogP contribution is -2.17. The molecule has 0 saturated carbocycles. The van der Waals surface area contributed by atoms with E-state index in [1.54, 1.807) is 19.4 Å². The van der Waals surface area contributed by atoms with E-state index in [4.69, 9.17) is 9.47 Å². The second-order valence-electron chi connectivity index (χ2n) is 3.98. The summed E-state index contributed by atoms with van der Waals surface area (Å²) in [5, 5.41) is 4.13. The second-order valence-corrected chi connectivity index (χ2v) is 3.98. The van der Waals surface area contributed by atoms with Gasteiger partial charge in [-0.3, -0.25) is 0 Å². The Hall–Kier alpha value is -2.22. The van der Waals surface area contributed by atoms with Crippen molar-refractivity contribution in [1.82, 2.24) is 9.78 Å². The summed E-state index contributed by atoms with van der Waals surface area (Å²) in [5.41, 5.74) is 0.589. The van der Waals surface area contributed by atoms with Crippen molar-refractivity contribution in [3.8, 4) is 17.3 Å². The average Bonchev–Trinajstić information content (AvgIpc) is 2.87. The van der Waals surface area contributed by atoms with Crippen molar-refractivity contribution in [1.29, 1.82) is 0 Å². The maximum atomic E-state index is 12.0. The van der Waals surface area contributed by atoms with Crippen molar-refractivity contribution in [2.75, 3.05) is 20.3 Å². The Morgan fingerprint density at radius 2 is 1.81 bits per heavy atom. The van der Waals surface area contributed by atoms with Crippen molar-refractivity contribution >= 4 is 0 Å². The Morgan fingerprint density at radius 3 is 2.43 bits per heavy atom. The van der Waals surface area contributed by atoms with Crippen LogP contribution in [0.15, 0.2) is 36.5 Å². The van der Waals surface area contributed by atoms with Crippen molar-refractivity contribution < 1.29 is 27.4 Å². The molecule has 0 N–H and O–H groups in total. The van der Waals surface area contributed by atoms with E-state index >= 15 is 0 Å². The molecule has 0 unspecified atom stereocenters. The van der Waals surface area contributed by atoms with Gasteiger partial charge in [0.25, 0.3) is 0 Å². The number of hydrogen-bond acceptors (Lipinski definition) is 4. The quantitative estimate of drug-likeness (QED) is 0.770. The van der Waals surface area contributed by atoms with Gasteiger partial charge in [0.15, 0.2) is 0 Å². The molecule has 2 rings (SSSR count). The smallest absolute Gasteiger partial charge is 0.474 e. The maximum Gasteiger partial charge on any atom is 0.573 e. The lowest BCUT2D eigenvalue weighted by molar-refractivity contribution is -0.274. The number of alkyl halides is 3. The fourth-order valence-corrected chi connectivity index (χ4v) is 1.56. The highest BCUT2D eigenvalue weighted by Gasteiger charge is 2.30. The van der Waals surface area contributed by atoms with Crippen LogP contribution in [0.2, 0.25) is 0 Å². The first-order valence-electron chi connectivity index (χ1n) is 6.01. The van der Waals surface area contributed by atoms with E-state index in [-0.39, 0.29) is 5.75 Å². The van der Waals surface area contributed by atoms with E-state index in [2.05, 4.69) is 9.84 Å². The third kappa shape index (κ3) is 4.67. The van der Waals surface area contributed by atoms with E-state index in [1.807, 2.05) is 0 Å². The Morgan fingerprint density at radius 1 is 1.10 bits per heavy atom. The van der Waals surface area contributed by atoms with Gasteiger partial charge < -0.3 is 14.2 Å². The molecular formula is C13H13F3N2O3. The fourth-order valence-electron chi connectivity index (χ4n) is 1.56. The minimum atomic E-state index is -4.70. The summed E-state index contributed by atoms with van der Waals surface area (Å²) in [6, 6.07) is 7.02. The van der Waals surface area contributed by atoms with Crippen LogP contribution in [0.1, 0.15) is 0 Å². The first-order valence-corrected chi connectivity index (χ1v) is 6.01. The van der Waals surface area contributed by atoms with Gasteiger partial charge in [0, 0.05) is 19.4 Å². The molecule has 0 bridgehead atoms. The standard InChI is InChI=1S/C13H13F3N2O3/c1-19-8-9-20-12-6-7-18(17-12)10-2-4-11(5-3-10)21-13(14,15)16/h2-7H,8-9H2,1H3. The number of hydrogen-bond donors (Lipinski definition) is 0. The number of ether oxygens (including phenoxy) is 3. The molecule has 0 spiro atoms. The molecule has 2 aromatic rings. The molecule has 1 aromatic carbocycles. The molecule has 0 amide bonds. The lowest BCUT2D eigenvalue weighted by Gasteiger charge is -2.09. The second kappa shape index (κ2) is 6.49. The van der Waals surface area contributed by atoms with Crippen LogP contribution in [0.25, 0.3) is 5.69 Å². The molecule has 0 aliphatic heterocycles. The van der Waals surface area contributed by atoms with E-state index in [1.165, 1.54) is 28.9 Å². The third-order valence-corrected chi connectivity index (χ3v) is 2.44. The van der Waals surface area contributed by atoms with E-state index in [0.29, 0.717) is 24.8 Å². The van der Waals surface area contributed by atoms with Crippen molar-refractivity contribution in [2.45, 2.75) is 6.36 Å². The van der Waals surface area contributed by atoms with Gasteiger partial charge in [-0.05, 0) is 24.3 Å². The summed E-state index contributed by atoms with van der Waals surface area (Å²) in [7, 11) is 1.56. The zero-order chi connectivity index (χ0) is 15.3. The Balaban J connectivity index is 2.02. The van der Waals surface area contributed by atoms with Crippen LogP contribution < -0.4 is 9.47 Å². The predicted octanol–water partition coefficient (Wildman–Crippen LogP) is 2.80. The molecular weight excluding hydrogens is 289 g/mol. The van der Waals surface area contributed by atoms with Crippen LogP contribution in [0, 0.1) is 0 Å². The largest absolute Gasteiger partial charge is 0.573 e. The van der Waals surface area contributed by atoms with Crippen molar-refractivity contribution in [3.63, 3.8) is 0 Å². The summed E-state index contributed by atoms with van der Waals surface area (Å²) in [6.07, 6.45) is -3.06. The number of rotatable bonds is 6. The van der Waals surface area contributed by atoms with Crippen LogP contribution in [-0.4, -0.2) is 36.5 Å². The van der Waals surface area contributed by atoms with Gasteiger partial charge in [0.1, 0.15) is 12.4 Å². The average molecular weight is 302 g/mol. The summed E-state index contributed by atoms with van der Waals surface area (Å²) >= 11 is 0. The summed E-state index contributed by atoms with van der Waals surface area (Å²) in [5.74, 6) is 0.123. The lowest BCUT2D eigenvalue weighted by atomic mass is 10.3. The van der Waals surface area contributed by atoms with Gasteiger partial charge in [0.05, 0.1) is 12.3 Å². The van der Waals surface area contributed by atoms with Crippen LogP contribution in [0.4, 0.5) is 13.2 Å². The fraction of sp³-hybridized carbons (Fsp3) is 0.308. The van der Waals surface area contributed by atoms with Crippen LogP contribution in [0.5, 0.6) is 11.6 Å². The summed E-state index contributed by atoms with van der Waals surface area (Å²) in [6.45, 7) is 0.808. The number of methoxy groups -OCH3 is 1. The topological polar surface area (TPSA) is 45.5 Å². The molecule has 0 saturated heterocycles. The summed E-state index contributed by atoms with van der Waals surface area (Å²) < 4.78 is 51.6. The molecule has 0 fully saturated rings. The number of halogens is 3. The molecule has 1 aromatic heterocycles. The minimum absolute atomic E-state index is 0.282. The highest BCUT2D eigenvalue weighted by molar-refractivity contribution is 5.37. The molecule has 0 aliphatic rings. The molecule has 1 heterocycles. The van der Waals surface area contributed by atoms with E-state index in [9.17, 15) is 13.2 Å². The Kier molecular flexibility index (Phi) is 4.69. The summed E-state index contributed by atoms with van der Waals surface area (Å²) in [4.78, 5) is 0. The third-order valence-electron chi connectivity index (χ3n) is 2.44. The van der Waals surface area contributed by atoms with Gasteiger partial charge in [-0.1, -0.05) is 0 Å². The van der Waals surface area contributed by atoms with Crippen LogP contribution >= 0.6 is 0 Å². The SMILES string of the molecule is COCCOc1ccn(-c2ccc(OC(F)(F)F)cc2)n1. The maximum absolute atomic E-state index is 12.0. The molecule has 0 aliphatic carbocycles. The Labute approximate surface area is 118 Å². The Bertz CT molecular complexity index is 567. The first-order chi connectivity index (χ1) is 9.98. The zero-order valence-electron chi connectivity index (χ0n) is 11.1. The van der Waals surface area contributed by atoms with Gasteiger partial charge >= 0.3 is 6.36 Å². The molecule has 5 nitrogen and oxygen atoms in total. The number of nitrogens with zero attached hydrogens (tertiary/aromatic N) is 2. The van der Waals surface area contributed by atoms with Crippen molar-refractivity contribution in [3.05, 3.63) is 36.5 Å². The monoisotopic (exact) mass is 302 g/mol. The zero-order valence-corrected chi connectivity index (χ0v) is 11.1. The highest BCUT2D eigenvalue weighted by atomic mass is 19.4. The highest BCUT2D eigenvalue weighted by Crippen LogP contribution is 2.23. The first kappa shape index (κ1) is 15.2. The van der Waals surface area contributed by atoms with Gasteiger partial charge in [-0.15, -0.1) is 18.3 Å². The van der Waals surface area contributed by atoms with Gasteiger partial charge in [-0.2, -0.15) is 0 Å². The molecule has 114 valence electrons. The number of benzene rings is 1.